The van der Waals surface area contributed by atoms with Gasteiger partial charge in [-0.05, 0) is 25.5 Å². The van der Waals surface area contributed by atoms with Gasteiger partial charge in [-0.25, -0.2) is 9.36 Å². The van der Waals surface area contributed by atoms with Crippen LogP contribution in [-0.2, 0) is 20.9 Å². The van der Waals surface area contributed by atoms with Gasteiger partial charge in [-0.15, -0.1) is 0 Å². The van der Waals surface area contributed by atoms with Crippen molar-refractivity contribution in [3.63, 3.8) is 0 Å². The number of nitrogens with one attached hydrogen (secondary N) is 1. The van der Waals surface area contributed by atoms with Crippen molar-refractivity contribution in [1.82, 2.24) is 5.32 Å². The summed E-state index contributed by atoms with van der Waals surface area (Å²) in [7, 11) is 1.27. The molecular formula is C21H25BrN2O4S. The Hall–Kier alpha value is -2.19. The maximum atomic E-state index is 12.4. The highest BCUT2D eigenvalue weighted by Gasteiger charge is 2.20. The number of halogens is 1. The lowest BCUT2D eigenvalue weighted by molar-refractivity contribution is -0.697. The fourth-order valence-corrected chi connectivity index (χ4v) is 3.48. The van der Waals surface area contributed by atoms with Gasteiger partial charge in [0.1, 0.15) is 12.6 Å². The quantitative estimate of drug-likeness (QED) is 0.232. The molecule has 1 unspecified atom stereocenters. The Balaban J connectivity index is 0.00000420. The average Bonchev–Trinajstić information content (AvgIpc) is 2.71. The molecular weight excluding hydrogens is 456 g/mol. The smallest absolute Gasteiger partial charge is 0.328 e. The summed E-state index contributed by atoms with van der Waals surface area (Å²) in [5.41, 5.74) is 0.372. The van der Waals surface area contributed by atoms with Crippen molar-refractivity contribution in [2.75, 3.05) is 7.11 Å². The van der Waals surface area contributed by atoms with E-state index in [1.807, 2.05) is 30.6 Å². The number of rotatable bonds is 9. The molecule has 0 bridgehead atoms. The average molecular weight is 481 g/mol. The molecule has 0 aliphatic heterocycles. The fourth-order valence-electron chi connectivity index (χ4n) is 2.57. The summed E-state index contributed by atoms with van der Waals surface area (Å²) in [6.45, 7) is 2.42. The predicted molar refractivity (Wildman–Crippen MR) is 107 cm³/mol. The molecule has 0 radical (unpaired) electrons. The van der Waals surface area contributed by atoms with Crippen LogP contribution in [0.3, 0.4) is 0 Å². The minimum absolute atomic E-state index is 0. The van der Waals surface area contributed by atoms with Crippen LogP contribution in [0.15, 0.2) is 59.8 Å². The molecule has 0 aliphatic carbocycles. The van der Waals surface area contributed by atoms with Crippen LogP contribution in [0, 0.1) is 0 Å². The number of methoxy groups -OCH3 is 1. The summed E-state index contributed by atoms with van der Waals surface area (Å²) in [5, 5.41) is 2.60. The summed E-state index contributed by atoms with van der Waals surface area (Å²) in [4.78, 5) is 36.8. The molecule has 0 saturated carbocycles. The number of amides is 1. The van der Waals surface area contributed by atoms with Crippen LogP contribution in [-0.4, -0.2) is 30.1 Å². The molecule has 0 fully saturated rings. The van der Waals surface area contributed by atoms with Crippen molar-refractivity contribution in [3.8, 4) is 0 Å². The van der Waals surface area contributed by atoms with Crippen LogP contribution in [0.25, 0.3) is 0 Å². The van der Waals surface area contributed by atoms with Gasteiger partial charge in [0.25, 0.3) is 5.91 Å². The van der Waals surface area contributed by atoms with Gasteiger partial charge in [-0.1, -0.05) is 30.0 Å². The maximum Gasteiger partial charge on any atom is 0.328 e. The SMILES string of the molecule is COC(=O)C(C)NC(=O)c1ccccc1SC(=O)CCCC[n+]1ccccc1.[Br-]. The number of aromatic nitrogens is 1. The summed E-state index contributed by atoms with van der Waals surface area (Å²) >= 11 is 1.06. The van der Waals surface area contributed by atoms with E-state index in [1.54, 1.807) is 31.2 Å². The van der Waals surface area contributed by atoms with E-state index < -0.39 is 17.9 Å². The summed E-state index contributed by atoms with van der Waals surface area (Å²) < 4.78 is 6.70. The minimum atomic E-state index is -0.762. The van der Waals surface area contributed by atoms with Crippen molar-refractivity contribution in [3.05, 3.63) is 60.4 Å². The second-order valence-electron chi connectivity index (χ2n) is 6.26. The number of thioether (sulfide) groups is 1. The van der Waals surface area contributed by atoms with Gasteiger partial charge in [0, 0.05) is 29.9 Å². The Morgan fingerprint density at radius 2 is 1.76 bits per heavy atom. The van der Waals surface area contributed by atoms with Gasteiger partial charge >= 0.3 is 5.97 Å². The van der Waals surface area contributed by atoms with E-state index in [0.29, 0.717) is 16.9 Å². The summed E-state index contributed by atoms with van der Waals surface area (Å²) in [6, 6.07) is 12.0. The van der Waals surface area contributed by atoms with Crippen LogP contribution in [0.4, 0.5) is 0 Å². The van der Waals surface area contributed by atoms with Gasteiger partial charge in [0.2, 0.25) is 0 Å². The summed E-state index contributed by atoms with van der Waals surface area (Å²) in [5.74, 6) is -0.930. The van der Waals surface area contributed by atoms with Crippen molar-refractivity contribution < 1.29 is 40.7 Å². The van der Waals surface area contributed by atoms with Gasteiger partial charge in [0.05, 0.1) is 12.7 Å². The number of nitrogens with zero attached hydrogens (tertiary/aromatic N) is 1. The number of aryl methyl sites for hydroxylation is 1. The van der Waals surface area contributed by atoms with Crippen LogP contribution in [0.1, 0.15) is 36.5 Å². The Labute approximate surface area is 185 Å². The molecule has 1 aromatic carbocycles. The minimum Gasteiger partial charge on any atom is -1.00 e. The lowest BCUT2D eigenvalue weighted by Crippen LogP contribution is -3.00. The highest BCUT2D eigenvalue weighted by Crippen LogP contribution is 2.25. The first-order valence-electron chi connectivity index (χ1n) is 9.13. The monoisotopic (exact) mass is 480 g/mol. The van der Waals surface area contributed by atoms with E-state index >= 15 is 0 Å². The second-order valence-corrected chi connectivity index (χ2v) is 7.36. The standard InChI is InChI=1S/C21H24N2O4S.BrH/c1-16(21(26)27-2)22-20(25)17-10-4-5-11-18(17)28-19(24)12-6-9-15-23-13-7-3-8-14-23;/h3-5,7-8,10-11,13-14,16H,6,9,12,15H2,1-2H3;1H. The number of esters is 1. The molecule has 29 heavy (non-hydrogen) atoms. The number of carbonyl (C=O) groups is 3. The van der Waals surface area contributed by atoms with Crippen LogP contribution in [0.5, 0.6) is 0 Å². The number of benzene rings is 1. The zero-order chi connectivity index (χ0) is 20.4. The zero-order valence-corrected chi connectivity index (χ0v) is 18.9. The number of hydrogen-bond acceptors (Lipinski definition) is 5. The number of ether oxygens (including phenoxy) is 1. The highest BCUT2D eigenvalue weighted by atomic mass is 79.9. The Morgan fingerprint density at radius 1 is 1.07 bits per heavy atom. The maximum absolute atomic E-state index is 12.4. The molecule has 0 aliphatic rings. The first-order valence-corrected chi connectivity index (χ1v) is 9.95. The Bertz CT molecular complexity index is 817. The van der Waals surface area contributed by atoms with Crippen molar-refractivity contribution in [2.24, 2.45) is 0 Å². The van der Waals surface area contributed by atoms with Crippen LogP contribution >= 0.6 is 11.8 Å². The molecule has 2 aromatic rings. The third kappa shape index (κ3) is 8.37. The number of hydrogen-bond donors (Lipinski definition) is 1. The van der Waals surface area contributed by atoms with E-state index in [9.17, 15) is 14.4 Å². The number of unbranched alkanes of at least 4 members (excludes halogenated alkanes) is 1. The summed E-state index contributed by atoms with van der Waals surface area (Å²) in [6.07, 6.45) is 6.12. The van der Waals surface area contributed by atoms with E-state index in [0.717, 1.165) is 31.1 Å². The molecule has 0 saturated heterocycles. The molecule has 1 amide bonds. The van der Waals surface area contributed by atoms with Crippen molar-refractivity contribution >= 4 is 28.8 Å². The van der Waals surface area contributed by atoms with Crippen molar-refractivity contribution in [2.45, 2.75) is 43.7 Å². The largest absolute Gasteiger partial charge is 1.00 e. The molecule has 0 spiro atoms. The van der Waals surface area contributed by atoms with Gasteiger partial charge in [-0.2, -0.15) is 0 Å². The molecule has 1 atom stereocenters. The zero-order valence-electron chi connectivity index (χ0n) is 16.5. The van der Waals surface area contributed by atoms with Crippen LogP contribution in [0.2, 0.25) is 0 Å². The number of pyridine rings is 1. The normalized spacial score (nSPS) is 11.1. The third-order valence-electron chi connectivity index (χ3n) is 4.08. The fraction of sp³-hybridized carbons (Fsp3) is 0.333. The van der Waals surface area contributed by atoms with Crippen LogP contribution < -0.4 is 26.9 Å². The number of carbonyl (C=O) groups excluding carboxylic acids is 3. The van der Waals surface area contributed by atoms with Gasteiger partial charge < -0.3 is 27.0 Å². The van der Waals surface area contributed by atoms with Gasteiger partial charge in [0.15, 0.2) is 17.5 Å². The van der Waals surface area contributed by atoms with E-state index in [2.05, 4.69) is 14.6 Å². The lowest BCUT2D eigenvalue weighted by atomic mass is 10.2. The first kappa shape index (κ1) is 24.8. The van der Waals surface area contributed by atoms with E-state index in [4.69, 9.17) is 0 Å². The molecule has 1 N–H and O–H groups in total. The molecule has 1 heterocycles. The molecule has 1 aromatic heterocycles. The molecule has 6 nitrogen and oxygen atoms in total. The van der Waals surface area contributed by atoms with E-state index in [-0.39, 0.29) is 22.1 Å². The van der Waals surface area contributed by atoms with Gasteiger partial charge in [-0.3, -0.25) is 9.59 Å². The topological polar surface area (TPSA) is 76.3 Å². The highest BCUT2D eigenvalue weighted by molar-refractivity contribution is 8.13. The molecule has 156 valence electrons. The molecule has 2 rings (SSSR count). The van der Waals surface area contributed by atoms with E-state index in [1.165, 1.54) is 7.11 Å². The first-order chi connectivity index (χ1) is 13.5. The Morgan fingerprint density at radius 3 is 2.45 bits per heavy atom. The molecule has 8 heteroatoms. The Kier molecular flexibility index (Phi) is 11.2. The predicted octanol–water partition coefficient (Wildman–Crippen LogP) is -0.241. The second kappa shape index (κ2) is 13.1. The third-order valence-corrected chi connectivity index (χ3v) is 5.09. The lowest BCUT2D eigenvalue weighted by Gasteiger charge is -2.13. The van der Waals surface area contributed by atoms with Crippen molar-refractivity contribution in [1.29, 1.82) is 0 Å².